The molecule has 0 saturated carbocycles. The number of azo groups is 1. The second-order valence-electron chi connectivity index (χ2n) is 8.68. The van der Waals surface area contributed by atoms with E-state index < -0.39 is 0 Å². The molecule has 0 radical (unpaired) electrons. The number of rotatable bonds is 6. The van der Waals surface area contributed by atoms with Gasteiger partial charge in [0.05, 0.1) is 18.5 Å². The maximum absolute atomic E-state index is 4.97. The van der Waals surface area contributed by atoms with E-state index in [4.69, 9.17) is 20.4 Å². The minimum absolute atomic E-state index is 0.641. The zero-order chi connectivity index (χ0) is 27.6. The molecule has 0 atom stereocenters. The molecule has 40 heavy (non-hydrogen) atoms. The maximum atomic E-state index is 4.97. The van der Waals surface area contributed by atoms with Gasteiger partial charge >= 0.3 is 0 Å². The number of aromatic nitrogens is 4. The summed E-state index contributed by atoms with van der Waals surface area (Å²) < 4.78 is 7.47. The van der Waals surface area contributed by atoms with Crippen LogP contribution in [0.15, 0.2) is 128 Å². The van der Waals surface area contributed by atoms with E-state index in [0.717, 1.165) is 50.0 Å². The fraction of sp³-hybridized carbons (Fsp3) is 0. The lowest BCUT2D eigenvalue weighted by Gasteiger charge is -2.05. The van der Waals surface area contributed by atoms with E-state index in [1.165, 1.54) is 0 Å². The fourth-order valence-electron chi connectivity index (χ4n) is 4.13. The Bertz CT molecular complexity index is 1680. The molecule has 196 valence electrons. The van der Waals surface area contributed by atoms with Crippen molar-refractivity contribution in [2.24, 2.45) is 10.2 Å². The molecule has 0 N–H and O–H groups in total. The van der Waals surface area contributed by atoms with Gasteiger partial charge in [0, 0.05) is 20.1 Å². The summed E-state index contributed by atoms with van der Waals surface area (Å²) in [7, 11) is 0. The Morgan fingerprint density at radius 2 is 0.850 bits per heavy atom. The third-order valence-corrected chi connectivity index (χ3v) is 9.13. The number of nitrogens with zero attached hydrogens (tertiary/aromatic N) is 6. The van der Waals surface area contributed by atoms with Gasteiger partial charge in [-0.05, 0) is 93.7 Å². The minimum Gasteiger partial charge on any atom is -0.212 e. The van der Waals surface area contributed by atoms with E-state index >= 15 is 0 Å². The Kier molecular flexibility index (Phi) is 8.28. The van der Waals surface area contributed by atoms with E-state index in [0.29, 0.717) is 11.6 Å². The van der Waals surface area contributed by atoms with Crippen molar-refractivity contribution in [2.45, 2.75) is 0 Å². The third kappa shape index (κ3) is 5.58. The van der Waals surface area contributed by atoms with Crippen molar-refractivity contribution < 1.29 is 0 Å². The predicted molar refractivity (Wildman–Crippen MR) is 183 cm³/mol. The van der Waals surface area contributed by atoms with Gasteiger partial charge in [0.15, 0.2) is 11.6 Å². The molecule has 0 unspecified atom stereocenters. The molecule has 0 aliphatic rings. The van der Waals surface area contributed by atoms with Crippen LogP contribution in [0.3, 0.4) is 0 Å². The molecule has 6 nitrogen and oxygen atoms in total. The molecule has 0 amide bonds. The fourth-order valence-corrected chi connectivity index (χ4v) is 6.17. The van der Waals surface area contributed by atoms with Crippen molar-refractivity contribution in [1.82, 2.24) is 19.6 Å². The van der Waals surface area contributed by atoms with Crippen molar-refractivity contribution >= 4 is 88.7 Å². The Morgan fingerprint density at radius 1 is 0.500 bits per heavy atom. The first-order valence-electron chi connectivity index (χ1n) is 12.1. The molecule has 0 aliphatic carbocycles. The molecule has 0 aliphatic heterocycles. The lowest BCUT2D eigenvalue weighted by molar-refractivity contribution is 0.851. The Balaban J connectivity index is 1.53. The molecular weight excluding hydrogens is 858 g/mol. The number of halogens is 4. The van der Waals surface area contributed by atoms with Crippen LogP contribution in [-0.4, -0.2) is 19.6 Å². The molecule has 2 aromatic heterocycles. The summed E-state index contributed by atoms with van der Waals surface area (Å²) >= 11 is 11.7. The lowest BCUT2D eigenvalue weighted by Crippen LogP contribution is -1.97. The quantitative estimate of drug-likeness (QED) is 0.124. The molecule has 6 rings (SSSR count). The van der Waals surface area contributed by atoms with E-state index in [9.17, 15) is 0 Å². The highest BCUT2D eigenvalue weighted by molar-refractivity contribution is 14.1. The van der Waals surface area contributed by atoms with E-state index in [2.05, 4.69) is 101 Å². The highest BCUT2D eigenvalue weighted by atomic mass is 127. The van der Waals surface area contributed by atoms with Crippen LogP contribution in [0.25, 0.3) is 33.9 Å². The van der Waals surface area contributed by atoms with Gasteiger partial charge in [0.2, 0.25) is 0 Å². The summed E-state index contributed by atoms with van der Waals surface area (Å²) in [5.41, 5.74) is 5.50. The van der Waals surface area contributed by atoms with Crippen LogP contribution in [0.1, 0.15) is 0 Å². The van der Waals surface area contributed by atoms with Gasteiger partial charge in [-0.2, -0.15) is 10.2 Å². The standard InChI is InChI=1S/C30H18Br2I2N6/c31-21-11-15-23(16-12-21)39-29(25(33)27(37-39)19-7-3-1-4-8-19)35-36-30-26(34)28(20-9-5-2-6-10-20)38-40(30)24-17-13-22(32)14-18-24/h1-18H/b36-35+. The van der Waals surface area contributed by atoms with Crippen molar-refractivity contribution in [1.29, 1.82) is 0 Å². The Morgan fingerprint density at radius 3 is 1.20 bits per heavy atom. The second-order valence-corrected chi connectivity index (χ2v) is 12.7. The van der Waals surface area contributed by atoms with Crippen molar-refractivity contribution in [2.75, 3.05) is 0 Å². The highest BCUT2D eigenvalue weighted by Crippen LogP contribution is 2.38. The van der Waals surface area contributed by atoms with E-state index in [-0.39, 0.29) is 0 Å². The summed E-state index contributed by atoms with van der Waals surface area (Å²) in [6, 6.07) is 36.2. The molecule has 0 saturated heterocycles. The van der Waals surface area contributed by atoms with Crippen LogP contribution >= 0.6 is 77.0 Å². The van der Waals surface area contributed by atoms with E-state index in [1.54, 1.807) is 0 Å². The lowest BCUT2D eigenvalue weighted by atomic mass is 10.1. The van der Waals surface area contributed by atoms with Gasteiger partial charge < -0.3 is 0 Å². The van der Waals surface area contributed by atoms with Crippen LogP contribution in [0.5, 0.6) is 0 Å². The van der Waals surface area contributed by atoms with Crippen molar-refractivity contribution in [3.05, 3.63) is 125 Å². The molecule has 0 fully saturated rings. The average Bonchev–Trinajstić information content (AvgIpc) is 3.49. The first-order chi connectivity index (χ1) is 19.5. The zero-order valence-corrected chi connectivity index (χ0v) is 28.1. The SMILES string of the molecule is Brc1ccc(-n2nc(-c3ccccc3)c(I)c2/N=N/c2c(I)c(-c3ccccc3)nn2-c2ccc(Br)cc2)cc1. The largest absolute Gasteiger partial charge is 0.212 e. The molecule has 0 spiro atoms. The topological polar surface area (TPSA) is 60.4 Å². The van der Waals surface area contributed by atoms with Crippen LogP contribution in [0.4, 0.5) is 11.6 Å². The van der Waals surface area contributed by atoms with Gasteiger partial charge in [-0.15, -0.1) is 10.2 Å². The summed E-state index contributed by atoms with van der Waals surface area (Å²) in [6.07, 6.45) is 0. The molecular formula is C30H18Br2I2N6. The number of hydrogen-bond donors (Lipinski definition) is 0. The summed E-state index contributed by atoms with van der Waals surface area (Å²) in [4.78, 5) is 0. The Hall–Kier alpha value is -2.68. The van der Waals surface area contributed by atoms with Crippen molar-refractivity contribution in [3.63, 3.8) is 0 Å². The normalized spacial score (nSPS) is 11.4. The Labute approximate surface area is 275 Å². The first kappa shape index (κ1) is 27.5. The van der Waals surface area contributed by atoms with Crippen LogP contribution in [0, 0.1) is 7.14 Å². The van der Waals surface area contributed by atoms with Gasteiger partial charge in [-0.25, -0.2) is 9.36 Å². The smallest absolute Gasteiger partial charge is 0.192 e. The summed E-state index contributed by atoms with van der Waals surface area (Å²) in [6.45, 7) is 0. The second kappa shape index (κ2) is 12.0. The van der Waals surface area contributed by atoms with Crippen LogP contribution in [0.2, 0.25) is 0 Å². The predicted octanol–water partition coefficient (Wildman–Crippen LogP) is 10.5. The molecule has 6 aromatic rings. The maximum Gasteiger partial charge on any atom is 0.192 e. The van der Waals surface area contributed by atoms with Gasteiger partial charge in [0.1, 0.15) is 11.4 Å². The van der Waals surface area contributed by atoms with Gasteiger partial charge in [0.25, 0.3) is 0 Å². The highest BCUT2D eigenvalue weighted by Gasteiger charge is 2.21. The van der Waals surface area contributed by atoms with Crippen LogP contribution in [-0.2, 0) is 0 Å². The number of benzene rings is 4. The molecule has 4 aromatic carbocycles. The minimum atomic E-state index is 0.641. The van der Waals surface area contributed by atoms with Crippen molar-refractivity contribution in [3.8, 4) is 33.9 Å². The molecule has 0 bridgehead atoms. The molecule has 10 heteroatoms. The van der Waals surface area contributed by atoms with Gasteiger partial charge in [-0.1, -0.05) is 92.5 Å². The van der Waals surface area contributed by atoms with Gasteiger partial charge in [-0.3, -0.25) is 0 Å². The summed E-state index contributed by atoms with van der Waals surface area (Å²) in [5.74, 6) is 1.28. The third-order valence-electron chi connectivity index (χ3n) is 6.09. The van der Waals surface area contributed by atoms with E-state index in [1.807, 2.05) is 94.3 Å². The average molecular weight is 876 g/mol. The first-order valence-corrected chi connectivity index (χ1v) is 15.9. The van der Waals surface area contributed by atoms with Crippen LogP contribution < -0.4 is 0 Å². The monoisotopic (exact) mass is 874 g/mol. The number of hydrogen-bond acceptors (Lipinski definition) is 4. The molecule has 2 heterocycles. The zero-order valence-electron chi connectivity index (χ0n) is 20.6. The summed E-state index contributed by atoms with van der Waals surface area (Å²) in [5, 5.41) is 19.6.